The zero-order valence-corrected chi connectivity index (χ0v) is 15.3. The molecule has 0 saturated carbocycles. The molecule has 1 unspecified atom stereocenters. The van der Waals surface area contributed by atoms with Crippen molar-refractivity contribution in [3.63, 3.8) is 0 Å². The maximum atomic E-state index is 10.8. The maximum absolute atomic E-state index is 10.8. The topological polar surface area (TPSA) is 46.2 Å². The van der Waals surface area contributed by atoms with Crippen LogP contribution in [0.2, 0.25) is 0 Å². The molecule has 0 aliphatic rings. The van der Waals surface area contributed by atoms with Crippen LogP contribution in [0.5, 0.6) is 5.75 Å². The molecule has 3 N–H and O–H groups in total. The minimum atomic E-state index is -0.194. The summed E-state index contributed by atoms with van der Waals surface area (Å²) in [7, 11) is 0. The minimum Gasteiger partial charge on any atom is -0.507 e. The molecule has 0 spiro atoms. The molecule has 120 valence electrons. The standard InChI is InChI=1S/C19H33NO/c1-17(2,3)12-10-13(16(20)19(7,8)9)15(21)14(11-12)18(4,5)6/h10-11,16,21H,20H2,1-9H3. The van der Waals surface area contributed by atoms with Crippen LogP contribution in [0.15, 0.2) is 12.1 Å². The Balaban J connectivity index is 3.65. The summed E-state index contributed by atoms with van der Waals surface area (Å²) in [6.45, 7) is 19.3. The van der Waals surface area contributed by atoms with Crippen LogP contribution in [0.25, 0.3) is 0 Å². The van der Waals surface area contributed by atoms with E-state index in [9.17, 15) is 5.11 Å². The number of aromatic hydroxyl groups is 1. The number of hydrogen-bond donors (Lipinski definition) is 2. The summed E-state index contributed by atoms with van der Waals surface area (Å²) >= 11 is 0. The molecule has 0 radical (unpaired) electrons. The normalized spacial score (nSPS) is 15.1. The van der Waals surface area contributed by atoms with Gasteiger partial charge in [-0.15, -0.1) is 0 Å². The van der Waals surface area contributed by atoms with Crippen molar-refractivity contribution >= 4 is 0 Å². The quantitative estimate of drug-likeness (QED) is 0.762. The largest absolute Gasteiger partial charge is 0.507 e. The van der Waals surface area contributed by atoms with E-state index in [4.69, 9.17) is 5.73 Å². The van der Waals surface area contributed by atoms with Gasteiger partial charge in [-0.1, -0.05) is 68.4 Å². The van der Waals surface area contributed by atoms with Crippen molar-refractivity contribution in [3.8, 4) is 5.75 Å². The Hall–Kier alpha value is -1.02. The first kappa shape index (κ1) is 18.0. The van der Waals surface area contributed by atoms with Gasteiger partial charge in [0.05, 0.1) is 0 Å². The zero-order valence-electron chi connectivity index (χ0n) is 15.3. The van der Waals surface area contributed by atoms with Crippen LogP contribution in [0, 0.1) is 5.41 Å². The number of hydrogen-bond acceptors (Lipinski definition) is 2. The number of benzene rings is 1. The second-order valence-electron chi connectivity index (χ2n) is 9.31. The van der Waals surface area contributed by atoms with Gasteiger partial charge in [-0.25, -0.2) is 0 Å². The molecule has 0 aromatic heterocycles. The van der Waals surface area contributed by atoms with Gasteiger partial charge in [-0.05, 0) is 33.4 Å². The van der Waals surface area contributed by atoms with Crippen LogP contribution in [0.4, 0.5) is 0 Å². The molecule has 0 amide bonds. The Kier molecular flexibility index (Phi) is 4.56. The molecule has 1 aromatic rings. The Morgan fingerprint density at radius 1 is 0.857 bits per heavy atom. The zero-order chi connectivity index (χ0) is 16.8. The van der Waals surface area contributed by atoms with Gasteiger partial charge in [0.2, 0.25) is 0 Å². The monoisotopic (exact) mass is 291 g/mol. The predicted octanol–water partition coefficient (Wildman–Crippen LogP) is 5.03. The lowest BCUT2D eigenvalue weighted by atomic mass is 9.75. The summed E-state index contributed by atoms with van der Waals surface area (Å²) in [5.41, 5.74) is 9.32. The Bertz CT molecular complexity index is 510. The van der Waals surface area contributed by atoms with E-state index in [1.54, 1.807) is 0 Å². The molecule has 21 heavy (non-hydrogen) atoms. The molecule has 0 fully saturated rings. The van der Waals surface area contributed by atoms with Gasteiger partial charge in [0.15, 0.2) is 0 Å². The van der Waals surface area contributed by atoms with Gasteiger partial charge >= 0.3 is 0 Å². The smallest absolute Gasteiger partial charge is 0.124 e. The SMILES string of the molecule is CC(C)(C)c1cc(C(N)C(C)(C)C)c(O)c(C(C)(C)C)c1. The number of rotatable bonds is 1. The van der Waals surface area contributed by atoms with E-state index in [2.05, 4.69) is 74.4 Å². The van der Waals surface area contributed by atoms with Crippen molar-refractivity contribution in [3.05, 3.63) is 28.8 Å². The third-order valence-corrected chi connectivity index (χ3v) is 4.08. The van der Waals surface area contributed by atoms with Gasteiger partial charge in [-0.2, -0.15) is 0 Å². The van der Waals surface area contributed by atoms with Crippen molar-refractivity contribution in [2.45, 2.75) is 79.2 Å². The molecule has 2 nitrogen and oxygen atoms in total. The second-order valence-corrected chi connectivity index (χ2v) is 9.31. The lowest BCUT2D eigenvalue weighted by molar-refractivity contribution is 0.315. The molecule has 1 aromatic carbocycles. The summed E-state index contributed by atoms with van der Waals surface area (Å²) < 4.78 is 0. The number of phenols is 1. The van der Waals surface area contributed by atoms with E-state index in [0.29, 0.717) is 5.75 Å². The lowest BCUT2D eigenvalue weighted by Gasteiger charge is -2.33. The van der Waals surface area contributed by atoms with Crippen molar-refractivity contribution in [1.29, 1.82) is 0 Å². The van der Waals surface area contributed by atoms with Crippen molar-refractivity contribution < 1.29 is 5.11 Å². The van der Waals surface area contributed by atoms with E-state index < -0.39 is 0 Å². The van der Waals surface area contributed by atoms with E-state index in [1.807, 2.05) is 0 Å². The summed E-state index contributed by atoms with van der Waals surface area (Å²) in [6, 6.07) is 4.02. The fourth-order valence-electron chi connectivity index (χ4n) is 2.37. The molecule has 0 saturated heterocycles. The molecule has 0 heterocycles. The minimum absolute atomic E-state index is 0.0278. The van der Waals surface area contributed by atoms with Crippen molar-refractivity contribution in [2.75, 3.05) is 0 Å². The van der Waals surface area contributed by atoms with Gasteiger partial charge in [0.25, 0.3) is 0 Å². The van der Waals surface area contributed by atoms with E-state index in [1.165, 1.54) is 5.56 Å². The van der Waals surface area contributed by atoms with Crippen molar-refractivity contribution in [1.82, 2.24) is 0 Å². The first-order valence-electron chi connectivity index (χ1n) is 7.79. The van der Waals surface area contributed by atoms with E-state index >= 15 is 0 Å². The molecule has 0 aliphatic heterocycles. The van der Waals surface area contributed by atoms with Crippen molar-refractivity contribution in [2.24, 2.45) is 11.1 Å². The highest BCUT2D eigenvalue weighted by Gasteiger charge is 2.30. The van der Waals surface area contributed by atoms with Crippen LogP contribution in [0.1, 0.15) is 85.0 Å². The van der Waals surface area contributed by atoms with Crippen LogP contribution in [-0.2, 0) is 10.8 Å². The predicted molar refractivity (Wildman–Crippen MR) is 91.9 cm³/mol. The summed E-state index contributed by atoms with van der Waals surface area (Å²) in [6.07, 6.45) is 0. The Labute approximate surface area is 130 Å². The average Bonchev–Trinajstić information content (AvgIpc) is 2.23. The highest BCUT2D eigenvalue weighted by atomic mass is 16.3. The summed E-state index contributed by atoms with van der Waals surface area (Å²) in [4.78, 5) is 0. The molecule has 1 rings (SSSR count). The van der Waals surface area contributed by atoms with E-state index in [0.717, 1.165) is 11.1 Å². The molecule has 2 heteroatoms. The lowest BCUT2D eigenvalue weighted by Crippen LogP contribution is -2.28. The molecule has 0 aliphatic carbocycles. The maximum Gasteiger partial charge on any atom is 0.124 e. The second kappa shape index (κ2) is 5.31. The van der Waals surface area contributed by atoms with Crippen LogP contribution in [0.3, 0.4) is 0 Å². The third kappa shape index (κ3) is 4.00. The van der Waals surface area contributed by atoms with Gasteiger partial charge in [0, 0.05) is 11.6 Å². The average molecular weight is 291 g/mol. The summed E-state index contributed by atoms with van der Waals surface area (Å²) in [5, 5.41) is 10.8. The van der Waals surface area contributed by atoms with Crippen LogP contribution in [-0.4, -0.2) is 5.11 Å². The first-order chi connectivity index (χ1) is 9.15. The molecule has 0 bridgehead atoms. The van der Waals surface area contributed by atoms with E-state index in [-0.39, 0.29) is 22.3 Å². The molecule has 1 atom stereocenters. The number of nitrogens with two attached hydrogens (primary N) is 1. The highest BCUT2D eigenvalue weighted by molar-refractivity contribution is 5.50. The highest BCUT2D eigenvalue weighted by Crippen LogP contribution is 2.43. The molecular formula is C19H33NO. The fraction of sp³-hybridized carbons (Fsp3) is 0.684. The first-order valence-corrected chi connectivity index (χ1v) is 7.79. The fourth-order valence-corrected chi connectivity index (χ4v) is 2.37. The van der Waals surface area contributed by atoms with Gasteiger partial charge in [0.1, 0.15) is 5.75 Å². The number of phenolic OH excluding ortho intramolecular Hbond substituents is 1. The third-order valence-electron chi connectivity index (χ3n) is 4.08. The van der Waals surface area contributed by atoms with Gasteiger partial charge < -0.3 is 10.8 Å². The summed E-state index contributed by atoms with van der Waals surface area (Å²) in [5.74, 6) is 0.359. The Morgan fingerprint density at radius 3 is 1.67 bits per heavy atom. The van der Waals surface area contributed by atoms with Crippen LogP contribution >= 0.6 is 0 Å². The van der Waals surface area contributed by atoms with Gasteiger partial charge in [-0.3, -0.25) is 0 Å². The Morgan fingerprint density at radius 2 is 1.33 bits per heavy atom. The molecular weight excluding hydrogens is 258 g/mol. The van der Waals surface area contributed by atoms with Crippen LogP contribution < -0.4 is 5.73 Å².